The Labute approximate surface area is 95.2 Å². The number of hydrazine groups is 1. The van der Waals surface area contributed by atoms with Gasteiger partial charge in [0.25, 0.3) is 0 Å². The predicted octanol–water partition coefficient (Wildman–Crippen LogP) is 1.61. The van der Waals surface area contributed by atoms with E-state index in [4.69, 9.17) is 5.84 Å². The van der Waals surface area contributed by atoms with Gasteiger partial charge in [-0.25, -0.2) is 5.84 Å². The van der Waals surface area contributed by atoms with Crippen molar-refractivity contribution in [2.45, 2.75) is 44.3 Å². The Hall–Kier alpha value is -0.260. The molecule has 5 heteroatoms. The monoisotopic (exact) mass is 232 g/mol. The second-order valence-corrected chi connectivity index (χ2v) is 5.51. The van der Waals surface area contributed by atoms with Crippen LogP contribution in [0, 0.1) is 5.92 Å². The molecule has 3 N–H and O–H groups in total. The third kappa shape index (κ3) is 5.39. The number of thioether (sulfide) groups is 1. The maximum absolute atomic E-state index is 11.0. The van der Waals surface area contributed by atoms with Crippen LogP contribution in [0.4, 0.5) is 0 Å². The number of rotatable bonds is 5. The number of carbonyl (C=O) groups excluding carboxylic acids is 1. The van der Waals surface area contributed by atoms with Crippen LogP contribution in [0.3, 0.4) is 0 Å². The lowest BCUT2D eigenvalue weighted by molar-refractivity contribution is -0.150. The van der Waals surface area contributed by atoms with Gasteiger partial charge < -0.3 is 4.84 Å². The Bertz CT molecular complexity index is 202. The largest absolute Gasteiger partial charge is 0.356 e. The van der Waals surface area contributed by atoms with Gasteiger partial charge in [0.15, 0.2) is 0 Å². The van der Waals surface area contributed by atoms with Crippen molar-refractivity contribution in [1.82, 2.24) is 5.59 Å². The SMILES string of the molecule is CC1CCCC(SCCC(=O)ONN)C1. The molecule has 1 aliphatic rings. The normalized spacial score (nSPS) is 26.3. The van der Waals surface area contributed by atoms with Crippen LogP contribution in [-0.2, 0) is 9.63 Å². The van der Waals surface area contributed by atoms with Gasteiger partial charge in [0.2, 0.25) is 0 Å². The van der Waals surface area contributed by atoms with E-state index in [1.165, 1.54) is 25.7 Å². The van der Waals surface area contributed by atoms with E-state index < -0.39 is 0 Å². The van der Waals surface area contributed by atoms with E-state index in [0.717, 1.165) is 16.9 Å². The Morgan fingerprint density at radius 1 is 1.60 bits per heavy atom. The summed E-state index contributed by atoms with van der Waals surface area (Å²) in [5, 5.41) is 0.729. The van der Waals surface area contributed by atoms with E-state index in [1.807, 2.05) is 17.4 Å². The molecule has 0 saturated heterocycles. The third-order valence-electron chi connectivity index (χ3n) is 2.72. The Morgan fingerprint density at radius 2 is 2.40 bits per heavy atom. The zero-order valence-corrected chi connectivity index (χ0v) is 10.0. The average molecular weight is 232 g/mol. The van der Waals surface area contributed by atoms with Crippen LogP contribution in [0.5, 0.6) is 0 Å². The summed E-state index contributed by atoms with van der Waals surface area (Å²) in [4.78, 5) is 15.4. The van der Waals surface area contributed by atoms with Gasteiger partial charge in [-0.15, -0.1) is 0 Å². The lowest BCUT2D eigenvalue weighted by Crippen LogP contribution is -2.26. The Morgan fingerprint density at radius 3 is 3.07 bits per heavy atom. The molecular weight excluding hydrogens is 212 g/mol. The van der Waals surface area contributed by atoms with Crippen LogP contribution < -0.4 is 11.4 Å². The Kier molecular flexibility index (Phi) is 6.05. The first-order valence-electron chi connectivity index (χ1n) is 5.49. The van der Waals surface area contributed by atoms with Crippen molar-refractivity contribution in [3.05, 3.63) is 0 Å². The average Bonchev–Trinajstić information content (AvgIpc) is 2.18. The molecule has 2 atom stereocenters. The van der Waals surface area contributed by atoms with Gasteiger partial charge >= 0.3 is 5.97 Å². The van der Waals surface area contributed by atoms with Gasteiger partial charge in [-0.3, -0.25) is 4.79 Å². The molecule has 15 heavy (non-hydrogen) atoms. The van der Waals surface area contributed by atoms with Gasteiger partial charge in [0.1, 0.15) is 0 Å². The molecule has 0 aromatic carbocycles. The summed E-state index contributed by atoms with van der Waals surface area (Å²) in [6, 6.07) is 0. The zero-order valence-electron chi connectivity index (χ0n) is 9.20. The topological polar surface area (TPSA) is 64.3 Å². The van der Waals surface area contributed by atoms with Crippen LogP contribution in [0.15, 0.2) is 0 Å². The van der Waals surface area contributed by atoms with E-state index in [1.54, 1.807) is 0 Å². The van der Waals surface area contributed by atoms with Crippen molar-refractivity contribution in [1.29, 1.82) is 0 Å². The molecule has 0 radical (unpaired) electrons. The summed E-state index contributed by atoms with van der Waals surface area (Å²) in [5.41, 5.74) is 1.90. The summed E-state index contributed by atoms with van der Waals surface area (Å²) in [6.07, 6.45) is 5.69. The number of carbonyl (C=O) groups is 1. The highest BCUT2D eigenvalue weighted by molar-refractivity contribution is 7.99. The summed E-state index contributed by atoms with van der Waals surface area (Å²) >= 11 is 1.89. The number of hydrogen-bond donors (Lipinski definition) is 2. The fraction of sp³-hybridized carbons (Fsp3) is 0.900. The van der Waals surface area contributed by atoms with Crippen molar-refractivity contribution < 1.29 is 9.63 Å². The quantitative estimate of drug-likeness (QED) is 0.557. The molecule has 1 rings (SSSR count). The molecule has 4 nitrogen and oxygen atoms in total. The summed E-state index contributed by atoms with van der Waals surface area (Å²) < 4.78 is 0. The van der Waals surface area contributed by atoms with Crippen LogP contribution in [0.25, 0.3) is 0 Å². The third-order valence-corrected chi connectivity index (χ3v) is 4.06. The van der Waals surface area contributed by atoms with Gasteiger partial charge in [0, 0.05) is 11.0 Å². The molecule has 88 valence electrons. The van der Waals surface area contributed by atoms with E-state index in [9.17, 15) is 4.79 Å². The maximum atomic E-state index is 11.0. The molecule has 0 spiro atoms. The molecule has 1 aliphatic carbocycles. The minimum absolute atomic E-state index is 0.283. The summed E-state index contributed by atoms with van der Waals surface area (Å²) in [5.74, 6) is 6.25. The minimum Gasteiger partial charge on any atom is -0.356 e. The molecule has 0 aromatic rings. The van der Waals surface area contributed by atoms with Crippen molar-refractivity contribution in [3.63, 3.8) is 0 Å². The first kappa shape index (κ1) is 12.8. The number of nitrogens with two attached hydrogens (primary N) is 1. The molecule has 1 saturated carbocycles. The smallest absolute Gasteiger partial charge is 0.327 e. The second-order valence-electron chi connectivity index (χ2n) is 4.11. The van der Waals surface area contributed by atoms with Gasteiger partial charge in [-0.1, -0.05) is 25.4 Å². The number of hydrogen-bond acceptors (Lipinski definition) is 5. The molecule has 1 fully saturated rings. The van der Waals surface area contributed by atoms with Crippen molar-refractivity contribution in [3.8, 4) is 0 Å². The zero-order chi connectivity index (χ0) is 11.1. The van der Waals surface area contributed by atoms with Crippen LogP contribution in [0.2, 0.25) is 0 Å². The lowest BCUT2D eigenvalue weighted by atomic mass is 9.91. The lowest BCUT2D eigenvalue weighted by Gasteiger charge is -2.25. The highest BCUT2D eigenvalue weighted by Gasteiger charge is 2.19. The Balaban J connectivity index is 2.06. The molecule has 0 aliphatic heterocycles. The highest BCUT2D eigenvalue weighted by Crippen LogP contribution is 2.32. The van der Waals surface area contributed by atoms with Crippen molar-refractivity contribution >= 4 is 17.7 Å². The highest BCUT2D eigenvalue weighted by atomic mass is 32.2. The fourth-order valence-corrected chi connectivity index (χ4v) is 3.37. The first-order valence-corrected chi connectivity index (χ1v) is 6.54. The van der Waals surface area contributed by atoms with Gasteiger partial charge in [-0.05, 0) is 18.8 Å². The molecule has 0 amide bonds. The molecule has 0 bridgehead atoms. The van der Waals surface area contributed by atoms with Crippen molar-refractivity contribution in [2.75, 3.05) is 5.75 Å². The second kappa shape index (κ2) is 7.09. The molecule has 0 aromatic heterocycles. The molecular formula is C10H20N2O2S. The standard InChI is InChI=1S/C10H20N2O2S/c1-8-3-2-4-9(7-8)15-6-5-10(13)14-12-11/h8-9,12H,2-7,11H2,1H3. The van der Waals surface area contributed by atoms with Crippen LogP contribution in [-0.4, -0.2) is 17.0 Å². The number of nitrogens with one attached hydrogen (secondary N) is 1. The van der Waals surface area contributed by atoms with E-state index in [0.29, 0.717) is 6.42 Å². The first-order chi connectivity index (χ1) is 7.22. The predicted molar refractivity (Wildman–Crippen MR) is 61.9 cm³/mol. The fourth-order valence-electron chi connectivity index (χ4n) is 1.96. The van der Waals surface area contributed by atoms with E-state index >= 15 is 0 Å². The van der Waals surface area contributed by atoms with Gasteiger partial charge in [0.05, 0.1) is 6.42 Å². The molecule has 0 heterocycles. The van der Waals surface area contributed by atoms with Crippen LogP contribution >= 0.6 is 11.8 Å². The molecule has 2 unspecified atom stereocenters. The maximum Gasteiger partial charge on any atom is 0.327 e. The minimum atomic E-state index is -0.283. The van der Waals surface area contributed by atoms with E-state index in [-0.39, 0.29) is 5.97 Å². The van der Waals surface area contributed by atoms with Gasteiger partial charge in [-0.2, -0.15) is 11.8 Å². The van der Waals surface area contributed by atoms with E-state index in [2.05, 4.69) is 11.8 Å². The summed E-state index contributed by atoms with van der Waals surface area (Å²) in [7, 11) is 0. The summed E-state index contributed by atoms with van der Waals surface area (Å²) in [6.45, 7) is 2.30. The van der Waals surface area contributed by atoms with Crippen LogP contribution in [0.1, 0.15) is 39.0 Å². The van der Waals surface area contributed by atoms with Crippen molar-refractivity contribution in [2.24, 2.45) is 11.8 Å².